The van der Waals surface area contributed by atoms with Gasteiger partial charge in [-0.25, -0.2) is 0 Å². The highest BCUT2D eigenvalue weighted by Crippen LogP contribution is 2.25. The topological polar surface area (TPSA) is 35.6 Å². The fourth-order valence-electron chi connectivity index (χ4n) is 2.46. The summed E-state index contributed by atoms with van der Waals surface area (Å²) >= 11 is 6.13. The third-order valence-corrected chi connectivity index (χ3v) is 3.94. The van der Waals surface area contributed by atoms with Gasteiger partial charge in [-0.1, -0.05) is 25.4 Å². The predicted molar refractivity (Wildman–Crippen MR) is 87.8 cm³/mol. The Labute approximate surface area is 132 Å². The van der Waals surface area contributed by atoms with Crippen molar-refractivity contribution in [2.75, 3.05) is 38.1 Å². The van der Waals surface area contributed by atoms with E-state index in [0.717, 1.165) is 42.5 Å². The number of likely N-dealkylation sites (N-methyl/N-ethyl adjacent to an activating group) is 1. The van der Waals surface area contributed by atoms with E-state index in [1.807, 2.05) is 25.2 Å². The van der Waals surface area contributed by atoms with E-state index < -0.39 is 0 Å². The van der Waals surface area contributed by atoms with Crippen molar-refractivity contribution in [3.05, 3.63) is 28.8 Å². The minimum absolute atomic E-state index is 0.164. The molecule has 1 fully saturated rings. The zero-order chi connectivity index (χ0) is 15.4. The van der Waals surface area contributed by atoms with Crippen LogP contribution in [-0.2, 0) is 11.3 Å². The number of anilines is 1. The smallest absolute Gasteiger partial charge is 0.241 e. The summed E-state index contributed by atoms with van der Waals surface area (Å²) in [6.07, 6.45) is 0. The van der Waals surface area contributed by atoms with Crippen molar-refractivity contribution in [2.45, 2.75) is 20.4 Å². The maximum absolute atomic E-state index is 11.9. The van der Waals surface area contributed by atoms with Gasteiger partial charge in [0.2, 0.25) is 5.91 Å². The van der Waals surface area contributed by atoms with Crippen molar-refractivity contribution in [1.29, 1.82) is 0 Å². The molecule has 0 saturated carbocycles. The predicted octanol–water partition coefficient (Wildman–Crippen LogP) is 2.36. The molecule has 1 aliphatic heterocycles. The third-order valence-electron chi connectivity index (χ3n) is 3.71. The summed E-state index contributed by atoms with van der Waals surface area (Å²) in [6, 6.07) is 5.91. The van der Waals surface area contributed by atoms with Gasteiger partial charge in [-0.05, 0) is 36.2 Å². The Bertz CT molecular complexity index is 504. The molecule has 1 saturated heterocycles. The third kappa shape index (κ3) is 4.35. The first kappa shape index (κ1) is 16.1. The summed E-state index contributed by atoms with van der Waals surface area (Å²) in [4.78, 5) is 15.8. The quantitative estimate of drug-likeness (QED) is 0.907. The Balaban J connectivity index is 2.12. The van der Waals surface area contributed by atoms with Crippen LogP contribution in [0.3, 0.4) is 0 Å². The van der Waals surface area contributed by atoms with E-state index in [2.05, 4.69) is 24.1 Å². The number of rotatable bonds is 5. The zero-order valence-electron chi connectivity index (χ0n) is 13.0. The van der Waals surface area contributed by atoms with Crippen LogP contribution in [0.2, 0.25) is 5.02 Å². The Kier molecular flexibility index (Phi) is 5.48. The molecule has 1 N–H and O–H groups in total. The van der Waals surface area contributed by atoms with E-state index >= 15 is 0 Å². The van der Waals surface area contributed by atoms with Crippen LogP contribution in [0.25, 0.3) is 0 Å². The zero-order valence-corrected chi connectivity index (χ0v) is 13.8. The lowest BCUT2D eigenvalue weighted by molar-refractivity contribution is -0.129. The lowest BCUT2D eigenvalue weighted by Crippen LogP contribution is -2.48. The van der Waals surface area contributed by atoms with Crippen molar-refractivity contribution in [3.8, 4) is 0 Å². The maximum Gasteiger partial charge on any atom is 0.241 e. The fraction of sp³-hybridized carbons (Fsp3) is 0.562. The highest BCUT2D eigenvalue weighted by Gasteiger charge is 2.22. The number of halogens is 1. The Morgan fingerprint density at radius 2 is 2.10 bits per heavy atom. The van der Waals surface area contributed by atoms with E-state index in [0.29, 0.717) is 12.5 Å². The molecule has 0 spiro atoms. The van der Waals surface area contributed by atoms with E-state index in [9.17, 15) is 4.79 Å². The van der Waals surface area contributed by atoms with Gasteiger partial charge >= 0.3 is 0 Å². The molecule has 21 heavy (non-hydrogen) atoms. The molecule has 1 aliphatic rings. The average molecular weight is 310 g/mol. The molecule has 0 atom stereocenters. The van der Waals surface area contributed by atoms with Gasteiger partial charge < -0.3 is 15.1 Å². The Morgan fingerprint density at radius 1 is 1.33 bits per heavy atom. The van der Waals surface area contributed by atoms with Crippen molar-refractivity contribution in [3.63, 3.8) is 0 Å². The van der Waals surface area contributed by atoms with E-state index in [4.69, 9.17) is 11.6 Å². The molecular formula is C16H24ClN3O. The number of benzene rings is 1. The first-order valence-corrected chi connectivity index (χ1v) is 7.83. The van der Waals surface area contributed by atoms with Crippen LogP contribution >= 0.6 is 11.6 Å². The number of nitrogens with zero attached hydrogens (tertiary/aromatic N) is 2. The van der Waals surface area contributed by atoms with Crippen LogP contribution < -0.4 is 10.2 Å². The molecular weight excluding hydrogens is 286 g/mol. The van der Waals surface area contributed by atoms with Gasteiger partial charge in [-0.15, -0.1) is 0 Å². The van der Waals surface area contributed by atoms with Crippen LogP contribution in [0, 0.1) is 5.92 Å². The first-order valence-electron chi connectivity index (χ1n) is 7.45. The van der Waals surface area contributed by atoms with E-state index in [-0.39, 0.29) is 5.91 Å². The lowest BCUT2D eigenvalue weighted by atomic mass is 10.1. The maximum atomic E-state index is 11.9. The van der Waals surface area contributed by atoms with Crippen LogP contribution in [-0.4, -0.2) is 44.0 Å². The first-order chi connectivity index (χ1) is 9.97. The molecule has 0 unspecified atom stereocenters. The van der Waals surface area contributed by atoms with Gasteiger partial charge in [-0.2, -0.15) is 0 Å². The molecule has 0 aromatic heterocycles. The number of piperazine rings is 1. The molecule has 0 radical (unpaired) electrons. The van der Waals surface area contributed by atoms with Crippen molar-refractivity contribution >= 4 is 23.2 Å². The molecule has 0 bridgehead atoms. The second kappa shape index (κ2) is 7.14. The van der Waals surface area contributed by atoms with Crippen LogP contribution in [0.5, 0.6) is 0 Å². The van der Waals surface area contributed by atoms with Gasteiger partial charge in [0.25, 0.3) is 0 Å². The molecule has 0 aliphatic carbocycles. The summed E-state index contributed by atoms with van der Waals surface area (Å²) < 4.78 is 0. The normalized spacial score (nSPS) is 16.0. The molecule has 1 aromatic carbocycles. The summed E-state index contributed by atoms with van der Waals surface area (Å²) in [5, 5.41) is 4.18. The monoisotopic (exact) mass is 309 g/mol. The number of hydrogen-bond donors (Lipinski definition) is 1. The summed E-state index contributed by atoms with van der Waals surface area (Å²) in [5.41, 5.74) is 2.26. The summed E-state index contributed by atoms with van der Waals surface area (Å²) in [5.74, 6) is 0.773. The van der Waals surface area contributed by atoms with Gasteiger partial charge in [0, 0.05) is 37.4 Å². The number of nitrogens with one attached hydrogen (secondary N) is 1. The molecule has 5 heteroatoms. The van der Waals surface area contributed by atoms with E-state index in [1.165, 1.54) is 0 Å². The molecule has 1 aromatic rings. The van der Waals surface area contributed by atoms with Crippen LogP contribution in [0.4, 0.5) is 5.69 Å². The SMILES string of the molecule is CC(C)CNCc1cc(Cl)ccc1N1CCN(C)C(=O)C1. The minimum Gasteiger partial charge on any atom is -0.360 e. The van der Waals surface area contributed by atoms with Crippen molar-refractivity contribution in [1.82, 2.24) is 10.2 Å². The highest BCUT2D eigenvalue weighted by molar-refractivity contribution is 6.30. The Morgan fingerprint density at radius 3 is 2.76 bits per heavy atom. The second-order valence-electron chi connectivity index (χ2n) is 6.03. The van der Waals surface area contributed by atoms with Gasteiger partial charge in [-0.3, -0.25) is 4.79 Å². The number of amides is 1. The second-order valence-corrected chi connectivity index (χ2v) is 6.47. The van der Waals surface area contributed by atoms with Crippen LogP contribution in [0.1, 0.15) is 19.4 Å². The molecule has 1 amide bonds. The molecule has 2 rings (SSSR count). The van der Waals surface area contributed by atoms with Crippen molar-refractivity contribution < 1.29 is 4.79 Å². The molecule has 116 valence electrons. The van der Waals surface area contributed by atoms with Crippen molar-refractivity contribution in [2.24, 2.45) is 5.92 Å². The average Bonchev–Trinajstić information content (AvgIpc) is 2.42. The molecule has 1 heterocycles. The summed E-state index contributed by atoms with van der Waals surface area (Å²) in [6.45, 7) is 8.18. The molecule has 4 nitrogen and oxygen atoms in total. The standard InChI is InChI=1S/C16H24ClN3O/c1-12(2)9-18-10-13-8-14(17)4-5-15(13)20-7-6-19(3)16(21)11-20/h4-5,8,12,18H,6-7,9-11H2,1-3H3. The highest BCUT2D eigenvalue weighted by atomic mass is 35.5. The van der Waals surface area contributed by atoms with Gasteiger partial charge in [0.15, 0.2) is 0 Å². The van der Waals surface area contributed by atoms with E-state index in [1.54, 1.807) is 4.90 Å². The summed E-state index contributed by atoms with van der Waals surface area (Å²) in [7, 11) is 1.85. The Hall–Kier alpha value is -1.26. The largest absolute Gasteiger partial charge is 0.360 e. The van der Waals surface area contributed by atoms with Gasteiger partial charge in [0.1, 0.15) is 0 Å². The van der Waals surface area contributed by atoms with Gasteiger partial charge in [0.05, 0.1) is 6.54 Å². The lowest BCUT2D eigenvalue weighted by Gasteiger charge is -2.34. The number of hydrogen-bond acceptors (Lipinski definition) is 3. The number of carbonyl (C=O) groups is 1. The number of carbonyl (C=O) groups excluding carboxylic acids is 1. The van der Waals surface area contributed by atoms with Crippen LogP contribution in [0.15, 0.2) is 18.2 Å². The minimum atomic E-state index is 0.164. The fourth-order valence-corrected chi connectivity index (χ4v) is 2.66.